The monoisotopic (exact) mass is 419 g/mol. The van der Waals surface area contributed by atoms with E-state index >= 15 is 0 Å². The summed E-state index contributed by atoms with van der Waals surface area (Å²) in [5, 5.41) is 0.741. The van der Waals surface area contributed by atoms with Gasteiger partial charge >= 0.3 is 6.09 Å². The van der Waals surface area contributed by atoms with Crippen molar-refractivity contribution in [2.24, 2.45) is 0 Å². The number of ether oxygens (including phenoxy) is 2. The van der Waals surface area contributed by atoms with E-state index in [1.165, 1.54) is 18.4 Å². The van der Waals surface area contributed by atoms with Gasteiger partial charge in [0.25, 0.3) is 0 Å². The number of fused-ring (bicyclic) bond motifs is 1. The molecule has 0 aliphatic carbocycles. The molecule has 4 rings (SSSR count). The molecule has 6 nitrogen and oxygen atoms in total. The molecule has 29 heavy (non-hydrogen) atoms. The fourth-order valence-corrected chi connectivity index (χ4v) is 4.71. The Morgan fingerprint density at radius 2 is 2.07 bits per heavy atom. The van der Waals surface area contributed by atoms with Crippen LogP contribution in [-0.2, 0) is 4.74 Å². The molecule has 158 valence electrons. The van der Waals surface area contributed by atoms with Gasteiger partial charge in [-0.15, -0.1) is 0 Å². The highest BCUT2D eigenvalue weighted by atomic mass is 35.5. The van der Waals surface area contributed by atoms with E-state index in [0.29, 0.717) is 19.3 Å². The summed E-state index contributed by atoms with van der Waals surface area (Å²) >= 11 is 6.14. The van der Waals surface area contributed by atoms with Crippen molar-refractivity contribution in [1.82, 2.24) is 14.7 Å². The zero-order chi connectivity index (χ0) is 20.2. The van der Waals surface area contributed by atoms with Crippen LogP contribution in [0.25, 0.3) is 6.08 Å². The van der Waals surface area contributed by atoms with Crippen molar-refractivity contribution < 1.29 is 14.3 Å². The second-order valence-electron chi connectivity index (χ2n) is 8.03. The van der Waals surface area contributed by atoms with Crippen LogP contribution in [0.15, 0.2) is 23.8 Å². The molecule has 1 amide bonds. The van der Waals surface area contributed by atoms with Crippen LogP contribution in [-0.4, -0.2) is 85.9 Å². The number of carbonyl (C=O) groups is 1. The normalized spacial score (nSPS) is 23.2. The van der Waals surface area contributed by atoms with Gasteiger partial charge in [0.1, 0.15) is 12.4 Å². The van der Waals surface area contributed by atoms with E-state index in [4.69, 9.17) is 21.1 Å². The molecule has 3 heterocycles. The van der Waals surface area contributed by atoms with Crippen LogP contribution in [0.5, 0.6) is 5.75 Å². The second-order valence-corrected chi connectivity index (χ2v) is 8.46. The second kappa shape index (κ2) is 9.37. The summed E-state index contributed by atoms with van der Waals surface area (Å²) in [5.41, 5.74) is 2.37. The van der Waals surface area contributed by atoms with E-state index in [-0.39, 0.29) is 6.09 Å². The van der Waals surface area contributed by atoms with Gasteiger partial charge in [0.15, 0.2) is 0 Å². The summed E-state index contributed by atoms with van der Waals surface area (Å²) in [4.78, 5) is 18.8. The first-order valence-electron chi connectivity index (χ1n) is 10.6. The van der Waals surface area contributed by atoms with Gasteiger partial charge in [-0.05, 0) is 56.2 Å². The molecule has 3 aliphatic heterocycles. The lowest BCUT2D eigenvalue weighted by Crippen LogP contribution is -2.56. The van der Waals surface area contributed by atoms with Gasteiger partial charge in [-0.25, -0.2) is 4.79 Å². The minimum atomic E-state index is -0.179. The number of nitrogens with zero attached hydrogens (tertiary/aromatic N) is 3. The van der Waals surface area contributed by atoms with Crippen LogP contribution in [0.4, 0.5) is 4.79 Å². The summed E-state index contributed by atoms with van der Waals surface area (Å²) in [6, 6.07) is 6.34. The first-order chi connectivity index (χ1) is 14.1. The fraction of sp³-hybridized carbons (Fsp3) is 0.591. The van der Waals surface area contributed by atoms with Gasteiger partial charge in [0.05, 0.1) is 6.61 Å². The molecule has 0 radical (unpaired) electrons. The number of piperazine rings is 1. The maximum Gasteiger partial charge on any atom is 0.409 e. The third kappa shape index (κ3) is 5.05. The number of amides is 1. The van der Waals surface area contributed by atoms with E-state index in [9.17, 15) is 4.79 Å². The summed E-state index contributed by atoms with van der Waals surface area (Å²) in [6.07, 6.45) is 4.48. The average Bonchev–Trinajstić information content (AvgIpc) is 2.74. The first kappa shape index (κ1) is 20.5. The highest BCUT2D eigenvalue weighted by Crippen LogP contribution is 2.29. The highest BCUT2D eigenvalue weighted by Gasteiger charge is 2.30. The van der Waals surface area contributed by atoms with Crippen LogP contribution in [0.1, 0.15) is 25.3 Å². The lowest BCUT2D eigenvalue weighted by molar-refractivity contribution is 0.0442. The van der Waals surface area contributed by atoms with Gasteiger partial charge in [-0.2, -0.15) is 0 Å². The standard InChI is InChI=1S/C22H30ClN3O3/c1-2-28-22(27)26-10-8-25(9-11-26)20-4-3-7-24(15-20)14-17-12-18-13-19(23)5-6-21(18)29-16-17/h5-6,12-13,20H,2-4,7-11,14-16H2,1H3/t20-/m1/s1. The Morgan fingerprint density at radius 3 is 2.86 bits per heavy atom. The van der Waals surface area contributed by atoms with Crippen molar-refractivity contribution in [3.63, 3.8) is 0 Å². The van der Waals surface area contributed by atoms with Crippen LogP contribution in [0.3, 0.4) is 0 Å². The lowest BCUT2D eigenvalue weighted by atomic mass is 10.0. The summed E-state index contributed by atoms with van der Waals surface area (Å²) in [7, 11) is 0. The van der Waals surface area contributed by atoms with Gasteiger partial charge in [0.2, 0.25) is 0 Å². The van der Waals surface area contributed by atoms with Crippen molar-refractivity contribution in [3.8, 4) is 5.75 Å². The molecule has 0 bridgehead atoms. The van der Waals surface area contributed by atoms with E-state index < -0.39 is 0 Å². The average molecular weight is 420 g/mol. The van der Waals surface area contributed by atoms with Crippen LogP contribution < -0.4 is 4.74 Å². The SMILES string of the molecule is CCOC(=O)N1CCN([C@@H]2CCCN(CC3=Cc4cc(Cl)ccc4OC3)C2)CC1. The molecule has 1 aromatic rings. The summed E-state index contributed by atoms with van der Waals surface area (Å²) < 4.78 is 11.0. The Labute approximate surface area is 178 Å². The minimum absolute atomic E-state index is 0.179. The molecule has 0 spiro atoms. The Balaban J connectivity index is 1.31. The van der Waals surface area contributed by atoms with E-state index in [2.05, 4.69) is 15.9 Å². The lowest BCUT2D eigenvalue weighted by Gasteiger charge is -2.43. The number of hydrogen-bond acceptors (Lipinski definition) is 5. The number of piperidine rings is 1. The van der Waals surface area contributed by atoms with Crippen LogP contribution in [0.2, 0.25) is 5.02 Å². The summed E-state index contributed by atoms with van der Waals surface area (Å²) in [5.74, 6) is 0.911. The number of halogens is 1. The van der Waals surface area contributed by atoms with Crippen molar-refractivity contribution in [3.05, 3.63) is 34.4 Å². The zero-order valence-electron chi connectivity index (χ0n) is 17.1. The largest absolute Gasteiger partial charge is 0.489 e. The zero-order valence-corrected chi connectivity index (χ0v) is 17.9. The first-order valence-corrected chi connectivity index (χ1v) is 11.0. The maximum atomic E-state index is 11.9. The van der Waals surface area contributed by atoms with E-state index in [0.717, 1.165) is 62.1 Å². The smallest absolute Gasteiger partial charge is 0.409 e. The molecule has 3 aliphatic rings. The van der Waals surface area contributed by atoms with E-state index in [1.54, 1.807) is 0 Å². The molecule has 0 N–H and O–H groups in total. The van der Waals surface area contributed by atoms with Crippen LogP contribution >= 0.6 is 11.6 Å². The van der Waals surface area contributed by atoms with Crippen molar-refractivity contribution in [1.29, 1.82) is 0 Å². The molecule has 1 atom stereocenters. The predicted molar refractivity (Wildman–Crippen MR) is 115 cm³/mol. The van der Waals surface area contributed by atoms with Crippen molar-refractivity contribution in [2.75, 3.05) is 59.0 Å². The third-order valence-corrected chi connectivity index (χ3v) is 6.24. The molecule has 2 fully saturated rings. The number of hydrogen-bond donors (Lipinski definition) is 0. The van der Waals surface area contributed by atoms with Crippen molar-refractivity contribution in [2.45, 2.75) is 25.8 Å². The number of carbonyl (C=O) groups excluding carboxylic acids is 1. The maximum absolute atomic E-state index is 11.9. The molecule has 0 saturated carbocycles. The quantitative estimate of drug-likeness (QED) is 0.748. The Hall–Kier alpha value is -1.76. The third-order valence-electron chi connectivity index (χ3n) is 6.01. The Kier molecular flexibility index (Phi) is 6.63. The molecule has 2 saturated heterocycles. The van der Waals surface area contributed by atoms with Crippen molar-refractivity contribution >= 4 is 23.8 Å². The number of rotatable bonds is 4. The van der Waals surface area contributed by atoms with Crippen LogP contribution in [0, 0.1) is 0 Å². The van der Waals surface area contributed by atoms with Gasteiger partial charge < -0.3 is 14.4 Å². The molecule has 0 aromatic heterocycles. The topological polar surface area (TPSA) is 45.2 Å². The molecular weight excluding hydrogens is 390 g/mol. The molecule has 1 aromatic carbocycles. The Morgan fingerprint density at radius 1 is 1.24 bits per heavy atom. The fourth-order valence-electron chi connectivity index (χ4n) is 4.53. The highest BCUT2D eigenvalue weighted by molar-refractivity contribution is 6.30. The van der Waals surface area contributed by atoms with E-state index in [1.807, 2.05) is 30.0 Å². The Bertz CT molecular complexity index is 762. The van der Waals surface area contributed by atoms with Gasteiger partial charge in [-0.1, -0.05) is 11.6 Å². The predicted octanol–water partition coefficient (Wildman–Crippen LogP) is 3.35. The minimum Gasteiger partial charge on any atom is -0.489 e. The summed E-state index contributed by atoms with van der Waals surface area (Å²) in [6.45, 7) is 9.43. The molecular formula is C22H30ClN3O3. The molecule has 0 unspecified atom stereocenters. The number of benzene rings is 1. The molecule has 7 heteroatoms. The van der Waals surface area contributed by atoms with Gasteiger partial charge in [-0.3, -0.25) is 9.80 Å². The van der Waals surface area contributed by atoms with Gasteiger partial charge in [0, 0.05) is 55.9 Å². The number of likely N-dealkylation sites (tertiary alicyclic amines) is 1.